The molecule has 0 unspecified atom stereocenters. The minimum atomic E-state index is -0.972. The maximum atomic E-state index is 12.0. The summed E-state index contributed by atoms with van der Waals surface area (Å²) in [6.45, 7) is 3.82. The van der Waals surface area contributed by atoms with Crippen LogP contribution in [-0.2, 0) is 9.47 Å². The number of carbonyl (C=O) groups is 2. The number of primary amides is 2. The molecular weight excluding hydrogens is 754 g/mol. The van der Waals surface area contributed by atoms with Crippen LogP contribution in [0, 0.1) is 11.8 Å². The highest BCUT2D eigenvalue weighted by Crippen LogP contribution is 2.46. The first-order chi connectivity index (χ1) is 24.6. The predicted octanol–water partition coefficient (Wildman–Crippen LogP) is 11.0. The number of aromatic hydroxyl groups is 4. The van der Waals surface area contributed by atoms with Crippen molar-refractivity contribution in [3.63, 3.8) is 0 Å². The summed E-state index contributed by atoms with van der Waals surface area (Å²) in [7, 11) is 0. The Hall–Kier alpha value is -2.66. The van der Waals surface area contributed by atoms with Gasteiger partial charge in [0.1, 0.15) is 44.9 Å². The predicted molar refractivity (Wildman–Crippen MR) is 206 cm³/mol. The first kappa shape index (κ1) is 43.7. The maximum Gasteiger partial charge on any atom is 0.405 e. The van der Waals surface area contributed by atoms with Gasteiger partial charge in [0.15, 0.2) is 0 Å². The van der Waals surface area contributed by atoms with Crippen LogP contribution < -0.4 is 11.5 Å². The number of rotatable bonds is 10. The molecule has 10 nitrogen and oxygen atoms in total. The van der Waals surface area contributed by atoms with Crippen LogP contribution in [0.25, 0.3) is 0 Å². The fourth-order valence-corrected chi connectivity index (χ4v) is 8.27. The molecule has 292 valence electrons. The molecule has 0 saturated heterocycles. The van der Waals surface area contributed by atoms with E-state index in [0.29, 0.717) is 112 Å². The molecule has 6 rings (SSSR count). The molecule has 4 aliphatic carbocycles. The number of amides is 2. The van der Waals surface area contributed by atoms with Crippen LogP contribution in [0.2, 0.25) is 0 Å². The Balaban J connectivity index is 2.04. The minimum Gasteiger partial charge on any atom is -0.508 e. The zero-order valence-electron chi connectivity index (χ0n) is 29.9. The lowest BCUT2D eigenvalue weighted by molar-refractivity contribution is 0.0683. The number of nitrogens with two attached hydrogens (primary N) is 2. The van der Waals surface area contributed by atoms with E-state index in [9.17, 15) is 30.0 Å². The van der Waals surface area contributed by atoms with E-state index in [0.717, 1.165) is 0 Å². The second kappa shape index (κ2) is 21.3. The minimum absolute atomic E-state index is 0.106. The van der Waals surface area contributed by atoms with Crippen LogP contribution in [-0.4, -0.2) is 42.3 Å². The Kier molecular flexibility index (Phi) is 17.9. The van der Waals surface area contributed by atoms with Crippen LogP contribution in [0.1, 0.15) is 150 Å². The van der Waals surface area contributed by atoms with E-state index in [1.165, 1.54) is 24.3 Å². The number of carbonyl (C=O) groups excluding carboxylic acids is 2. The molecule has 2 amide bonds. The highest BCUT2D eigenvalue weighted by atomic mass is 35.5. The summed E-state index contributed by atoms with van der Waals surface area (Å²) in [5.74, 6) is -1.39. The summed E-state index contributed by atoms with van der Waals surface area (Å²) in [5, 5.41) is 45.4. The van der Waals surface area contributed by atoms with Crippen LogP contribution >= 0.6 is 46.4 Å². The third kappa shape index (κ3) is 13.3. The van der Waals surface area contributed by atoms with Crippen LogP contribution in [0.5, 0.6) is 23.0 Å². The summed E-state index contributed by atoms with van der Waals surface area (Å²) in [5.41, 5.74) is 12.6. The van der Waals surface area contributed by atoms with Gasteiger partial charge in [-0.1, -0.05) is 52.4 Å². The van der Waals surface area contributed by atoms with Crippen molar-refractivity contribution in [2.75, 3.05) is 0 Å². The van der Waals surface area contributed by atoms with E-state index in [4.69, 9.17) is 67.3 Å². The molecule has 0 radical (unpaired) electrons. The third-order valence-electron chi connectivity index (χ3n) is 10.2. The number of phenolic OH excluding ortho intramolecular Hbond substituents is 4. The Morgan fingerprint density at radius 1 is 0.635 bits per heavy atom. The van der Waals surface area contributed by atoms with Gasteiger partial charge in [0.2, 0.25) is 0 Å². The molecule has 0 fully saturated rings. The number of halogens is 4. The first-order valence-corrected chi connectivity index (χ1v) is 19.9. The highest BCUT2D eigenvalue weighted by Gasteiger charge is 2.30. The topological polar surface area (TPSA) is 186 Å². The van der Waals surface area contributed by atoms with Crippen molar-refractivity contribution in [2.45, 2.75) is 137 Å². The molecule has 8 N–H and O–H groups in total. The van der Waals surface area contributed by atoms with Gasteiger partial charge in [0.05, 0.1) is 0 Å². The average molecular weight is 809 g/mol. The zero-order chi connectivity index (χ0) is 38.5. The summed E-state index contributed by atoms with van der Waals surface area (Å²) < 4.78 is 11.1. The molecule has 2 aromatic rings. The van der Waals surface area contributed by atoms with Gasteiger partial charge in [-0.25, -0.2) is 9.59 Å². The standard InChI is InChI=1S/C38H54Cl4N2O8/c1-21-9-3-5-11-23(13-7-15-31(39)40)34-29(47)19-26(20-30(34)48)36(52-38(44)50)22(2)10-4-6-12-24(14-8-16-32(41)42)33-27(45)17-25(18-28(33)46)35(21)51-37(43)49/h17-24,31-32,35-36,45-48H,3-16H2,1-2H3,(H2,43,49)(H2,44,50)/t21-,22-,23+,24+,35+,36+/m0/s1. The van der Waals surface area contributed by atoms with E-state index in [-0.39, 0.29) is 46.7 Å². The molecule has 6 atom stereocenters. The summed E-state index contributed by atoms with van der Waals surface area (Å²) in [4.78, 5) is 23.0. The monoisotopic (exact) mass is 806 g/mol. The van der Waals surface area contributed by atoms with Crippen molar-refractivity contribution in [3.8, 4) is 23.0 Å². The van der Waals surface area contributed by atoms with E-state index < -0.39 is 34.1 Å². The Labute approximate surface area is 327 Å². The maximum absolute atomic E-state index is 12.0. The van der Waals surface area contributed by atoms with Crippen molar-refractivity contribution in [1.82, 2.24) is 0 Å². The molecule has 0 aromatic heterocycles. The average Bonchev–Trinajstić information content (AvgIpc) is 3.03. The van der Waals surface area contributed by atoms with Crippen LogP contribution in [0.4, 0.5) is 9.59 Å². The van der Waals surface area contributed by atoms with Crippen LogP contribution in [0.3, 0.4) is 0 Å². The van der Waals surface area contributed by atoms with Crippen LogP contribution in [0.15, 0.2) is 24.3 Å². The largest absolute Gasteiger partial charge is 0.508 e. The fourth-order valence-electron chi connectivity index (χ4n) is 7.65. The van der Waals surface area contributed by atoms with Gasteiger partial charge in [-0.3, -0.25) is 0 Å². The van der Waals surface area contributed by atoms with Gasteiger partial charge in [-0.05, 0) is 99.3 Å². The number of phenols is 4. The van der Waals surface area contributed by atoms with Gasteiger partial charge in [-0.15, -0.1) is 46.4 Å². The summed E-state index contributed by atoms with van der Waals surface area (Å²) in [6.07, 6.45) is 5.15. The summed E-state index contributed by atoms with van der Waals surface area (Å²) in [6, 6.07) is 6.13. The van der Waals surface area contributed by atoms with E-state index in [2.05, 4.69) is 0 Å². The molecule has 2 aromatic carbocycles. The summed E-state index contributed by atoms with van der Waals surface area (Å²) >= 11 is 24.0. The molecule has 0 spiro atoms. The molecule has 52 heavy (non-hydrogen) atoms. The lowest BCUT2D eigenvalue weighted by atomic mass is 9.83. The molecule has 4 aliphatic rings. The number of hydrogen-bond acceptors (Lipinski definition) is 8. The van der Waals surface area contributed by atoms with Gasteiger partial charge in [0.25, 0.3) is 0 Å². The lowest BCUT2D eigenvalue weighted by Crippen LogP contribution is -2.22. The fraction of sp³-hybridized carbons (Fsp3) is 0.632. The van der Waals surface area contributed by atoms with Gasteiger partial charge in [0, 0.05) is 22.3 Å². The van der Waals surface area contributed by atoms with E-state index in [1.807, 2.05) is 13.8 Å². The molecule has 0 aliphatic heterocycles. The number of hydrogen-bond donors (Lipinski definition) is 6. The smallest absolute Gasteiger partial charge is 0.405 e. The normalized spacial score (nSPS) is 23.6. The zero-order valence-corrected chi connectivity index (χ0v) is 32.9. The molecular formula is C38H54Cl4N2O8. The van der Waals surface area contributed by atoms with Crippen molar-refractivity contribution in [1.29, 1.82) is 0 Å². The third-order valence-corrected chi connectivity index (χ3v) is 11.1. The number of benzene rings is 2. The molecule has 4 bridgehead atoms. The Morgan fingerprint density at radius 3 is 1.23 bits per heavy atom. The lowest BCUT2D eigenvalue weighted by Gasteiger charge is -2.28. The van der Waals surface area contributed by atoms with Crippen molar-refractivity contribution in [2.24, 2.45) is 23.3 Å². The SMILES string of the molecule is C[C@H]1CCCC[C@H](CCCC(Cl)Cl)c2c(O)cc(cc2O)[C@H](OC(N)=O)[C@@H](C)CCCC[C@H](CCCC(Cl)Cl)c2c(O)cc(cc2O)[C@@H]1OC(N)=O. The van der Waals surface area contributed by atoms with E-state index >= 15 is 0 Å². The molecule has 14 heteroatoms. The molecule has 0 saturated carbocycles. The second-order valence-corrected chi connectivity index (χ2v) is 16.8. The van der Waals surface area contributed by atoms with Crippen molar-refractivity contribution >= 4 is 58.6 Å². The van der Waals surface area contributed by atoms with Gasteiger partial charge in [-0.2, -0.15) is 0 Å². The van der Waals surface area contributed by atoms with E-state index in [1.54, 1.807) is 0 Å². The van der Waals surface area contributed by atoms with Gasteiger partial charge < -0.3 is 41.4 Å². The van der Waals surface area contributed by atoms with Crippen molar-refractivity contribution in [3.05, 3.63) is 46.5 Å². The number of alkyl halides is 4. The second-order valence-electron chi connectivity index (χ2n) is 14.2. The van der Waals surface area contributed by atoms with Crippen molar-refractivity contribution < 1.29 is 39.5 Å². The highest BCUT2D eigenvalue weighted by molar-refractivity contribution is 6.44. The van der Waals surface area contributed by atoms with Gasteiger partial charge >= 0.3 is 12.2 Å². The number of ether oxygens (including phenoxy) is 2. The Morgan fingerprint density at radius 2 is 0.942 bits per heavy atom. The molecule has 0 heterocycles. The quantitative estimate of drug-likeness (QED) is 0.128. The Bertz CT molecular complexity index is 1310. The first-order valence-electron chi connectivity index (χ1n) is 18.2.